The van der Waals surface area contributed by atoms with Gasteiger partial charge >= 0.3 is 5.97 Å². The fourth-order valence-electron chi connectivity index (χ4n) is 2.03. The minimum absolute atomic E-state index is 0.334. The minimum atomic E-state index is -0.885. The van der Waals surface area contributed by atoms with E-state index in [1.807, 2.05) is 19.9 Å². The van der Waals surface area contributed by atoms with Crippen molar-refractivity contribution in [3.05, 3.63) is 35.3 Å². The topological polar surface area (TPSA) is 46.5 Å². The van der Waals surface area contributed by atoms with Gasteiger partial charge in [-0.1, -0.05) is 19.9 Å². The van der Waals surface area contributed by atoms with Crippen LogP contribution in [0.4, 0.5) is 0 Å². The number of carbonyl (C=O) groups is 1. The molecule has 0 fully saturated rings. The lowest BCUT2D eigenvalue weighted by atomic mass is 9.85. The molecule has 0 bridgehead atoms. The van der Waals surface area contributed by atoms with Crippen molar-refractivity contribution in [2.75, 3.05) is 0 Å². The van der Waals surface area contributed by atoms with Crippen LogP contribution in [0.5, 0.6) is 0 Å². The van der Waals surface area contributed by atoms with E-state index in [2.05, 4.69) is 0 Å². The Bertz CT molecular complexity index is 383. The summed E-state index contributed by atoms with van der Waals surface area (Å²) in [5.74, 6) is -0.353. The molecule has 1 aliphatic carbocycles. The van der Waals surface area contributed by atoms with E-state index in [4.69, 9.17) is 9.84 Å². The van der Waals surface area contributed by atoms with Gasteiger partial charge in [0, 0.05) is 5.41 Å². The molecule has 1 heterocycles. The van der Waals surface area contributed by atoms with Crippen LogP contribution in [0.1, 0.15) is 20.3 Å². The molecular formula is C11H12O3. The number of allylic oxidation sites excluding steroid dienone is 3. The van der Waals surface area contributed by atoms with Crippen LogP contribution >= 0.6 is 0 Å². The van der Waals surface area contributed by atoms with Crippen LogP contribution in [0.25, 0.3) is 0 Å². The first-order chi connectivity index (χ1) is 6.52. The van der Waals surface area contributed by atoms with Crippen LogP contribution in [-0.2, 0) is 9.53 Å². The summed E-state index contributed by atoms with van der Waals surface area (Å²) in [5, 5.41) is 9.10. The fourth-order valence-corrected chi connectivity index (χ4v) is 2.03. The molecule has 0 aromatic heterocycles. The highest BCUT2D eigenvalue weighted by Crippen LogP contribution is 2.46. The van der Waals surface area contributed by atoms with Crippen LogP contribution in [0.2, 0.25) is 0 Å². The van der Waals surface area contributed by atoms with Crippen molar-refractivity contribution in [3.8, 4) is 0 Å². The highest BCUT2D eigenvalue weighted by atomic mass is 16.5. The quantitative estimate of drug-likeness (QED) is 0.693. The zero-order valence-corrected chi connectivity index (χ0v) is 8.20. The van der Waals surface area contributed by atoms with Crippen LogP contribution in [-0.4, -0.2) is 11.1 Å². The van der Waals surface area contributed by atoms with E-state index in [-0.39, 0.29) is 5.41 Å². The second-order valence-electron chi connectivity index (χ2n) is 4.21. The number of rotatable bonds is 1. The molecule has 0 saturated heterocycles. The van der Waals surface area contributed by atoms with Crippen molar-refractivity contribution in [2.24, 2.45) is 5.41 Å². The lowest BCUT2D eigenvalue weighted by Gasteiger charge is -2.17. The summed E-state index contributed by atoms with van der Waals surface area (Å²) in [5.41, 5.74) is 1.03. The van der Waals surface area contributed by atoms with E-state index in [0.717, 1.165) is 12.0 Å². The Morgan fingerprint density at radius 2 is 2.29 bits per heavy atom. The number of carboxylic acid groups (broad SMARTS) is 1. The van der Waals surface area contributed by atoms with Gasteiger partial charge in [0.2, 0.25) is 0 Å². The predicted molar refractivity (Wildman–Crippen MR) is 51.4 cm³/mol. The summed E-state index contributed by atoms with van der Waals surface area (Å²) in [4.78, 5) is 11.1. The molecule has 0 aromatic carbocycles. The Morgan fingerprint density at radius 1 is 1.57 bits per heavy atom. The van der Waals surface area contributed by atoms with Crippen LogP contribution < -0.4 is 0 Å². The first-order valence-electron chi connectivity index (χ1n) is 4.53. The maximum atomic E-state index is 11.1. The Hall–Kier alpha value is -1.51. The van der Waals surface area contributed by atoms with Crippen molar-refractivity contribution in [2.45, 2.75) is 20.3 Å². The normalized spacial score (nSPS) is 22.9. The van der Waals surface area contributed by atoms with E-state index in [1.165, 1.54) is 6.26 Å². The smallest absolute Gasteiger partial charge is 0.335 e. The van der Waals surface area contributed by atoms with Gasteiger partial charge in [-0.25, -0.2) is 4.79 Å². The number of hydrogen-bond donors (Lipinski definition) is 1. The summed E-state index contributed by atoms with van der Waals surface area (Å²) in [7, 11) is 0. The Balaban J connectivity index is 2.55. The predicted octanol–water partition coefficient (Wildman–Crippen LogP) is 2.23. The number of aliphatic carboxylic acids is 1. The van der Waals surface area contributed by atoms with Crippen molar-refractivity contribution >= 4 is 5.97 Å². The van der Waals surface area contributed by atoms with Crippen LogP contribution in [0.3, 0.4) is 0 Å². The molecule has 0 saturated carbocycles. The Labute approximate surface area is 82.4 Å². The highest BCUT2D eigenvalue weighted by Gasteiger charge is 2.41. The number of carboxylic acids is 1. The first kappa shape index (κ1) is 9.06. The Morgan fingerprint density at radius 3 is 2.93 bits per heavy atom. The van der Waals surface area contributed by atoms with Crippen molar-refractivity contribution in [1.29, 1.82) is 0 Å². The average molecular weight is 192 g/mol. The van der Waals surface area contributed by atoms with Gasteiger partial charge in [0.15, 0.2) is 0 Å². The Kier molecular flexibility index (Phi) is 1.77. The molecule has 3 heteroatoms. The SMILES string of the molecule is CC1(C)CC2=CC=COC2=C1C(=O)O. The third-order valence-electron chi connectivity index (χ3n) is 2.60. The monoisotopic (exact) mass is 192 g/mol. The molecule has 3 nitrogen and oxygen atoms in total. The standard InChI is InChI=1S/C11H12O3/c1-11(2)6-7-4-3-5-14-9(7)8(11)10(12)13/h3-5H,6H2,1-2H3,(H,12,13). The second-order valence-corrected chi connectivity index (χ2v) is 4.21. The van der Waals surface area contributed by atoms with E-state index in [9.17, 15) is 4.79 Å². The van der Waals surface area contributed by atoms with Gasteiger partial charge in [0.1, 0.15) is 5.76 Å². The fraction of sp³-hybridized carbons (Fsp3) is 0.364. The van der Waals surface area contributed by atoms with Gasteiger partial charge < -0.3 is 9.84 Å². The van der Waals surface area contributed by atoms with Gasteiger partial charge in [-0.05, 0) is 18.1 Å². The van der Waals surface area contributed by atoms with E-state index in [0.29, 0.717) is 11.3 Å². The third-order valence-corrected chi connectivity index (χ3v) is 2.60. The zero-order valence-electron chi connectivity index (χ0n) is 8.20. The third kappa shape index (κ3) is 1.16. The number of hydrogen-bond acceptors (Lipinski definition) is 2. The molecule has 1 N–H and O–H groups in total. The van der Waals surface area contributed by atoms with Crippen LogP contribution in [0, 0.1) is 5.41 Å². The molecule has 0 spiro atoms. The van der Waals surface area contributed by atoms with Gasteiger partial charge in [0.25, 0.3) is 0 Å². The molecular weight excluding hydrogens is 180 g/mol. The maximum Gasteiger partial charge on any atom is 0.335 e. The van der Waals surface area contributed by atoms with Crippen molar-refractivity contribution in [3.63, 3.8) is 0 Å². The molecule has 2 rings (SSSR count). The average Bonchev–Trinajstić information content (AvgIpc) is 2.33. The molecule has 2 aliphatic rings. The van der Waals surface area contributed by atoms with E-state index >= 15 is 0 Å². The molecule has 0 unspecified atom stereocenters. The van der Waals surface area contributed by atoms with Crippen molar-refractivity contribution in [1.82, 2.24) is 0 Å². The number of ether oxygens (including phenoxy) is 1. The maximum absolute atomic E-state index is 11.1. The lowest BCUT2D eigenvalue weighted by Crippen LogP contribution is -2.17. The minimum Gasteiger partial charge on any atom is -0.478 e. The largest absolute Gasteiger partial charge is 0.478 e. The van der Waals surface area contributed by atoms with E-state index < -0.39 is 5.97 Å². The summed E-state index contributed by atoms with van der Waals surface area (Å²) in [6.07, 6.45) is 5.95. The summed E-state index contributed by atoms with van der Waals surface area (Å²) in [6.45, 7) is 3.85. The van der Waals surface area contributed by atoms with E-state index in [1.54, 1.807) is 6.08 Å². The lowest BCUT2D eigenvalue weighted by molar-refractivity contribution is -0.133. The first-order valence-corrected chi connectivity index (χ1v) is 4.53. The summed E-state index contributed by atoms with van der Waals surface area (Å²) >= 11 is 0. The molecule has 0 radical (unpaired) electrons. The molecule has 0 atom stereocenters. The highest BCUT2D eigenvalue weighted by molar-refractivity contribution is 5.91. The molecule has 74 valence electrons. The summed E-state index contributed by atoms with van der Waals surface area (Å²) < 4.78 is 5.26. The zero-order chi connectivity index (χ0) is 10.3. The van der Waals surface area contributed by atoms with Gasteiger partial charge in [-0.3, -0.25) is 0 Å². The molecule has 1 aliphatic heterocycles. The van der Waals surface area contributed by atoms with Crippen molar-refractivity contribution < 1.29 is 14.6 Å². The molecule has 0 aromatic rings. The molecule has 0 amide bonds. The second kappa shape index (κ2) is 2.74. The molecule has 14 heavy (non-hydrogen) atoms. The van der Waals surface area contributed by atoms with Gasteiger partial charge in [-0.2, -0.15) is 0 Å². The van der Waals surface area contributed by atoms with Crippen LogP contribution in [0.15, 0.2) is 35.3 Å². The van der Waals surface area contributed by atoms with Gasteiger partial charge in [0.05, 0.1) is 11.8 Å². The van der Waals surface area contributed by atoms with Gasteiger partial charge in [-0.15, -0.1) is 0 Å². The number of fused-ring (bicyclic) bond motifs is 1. The summed E-state index contributed by atoms with van der Waals surface area (Å²) in [6, 6.07) is 0.